The molecule has 0 aliphatic carbocycles. The Morgan fingerprint density at radius 2 is 1.78 bits per heavy atom. The summed E-state index contributed by atoms with van der Waals surface area (Å²) in [7, 11) is 0. The van der Waals surface area contributed by atoms with Crippen molar-refractivity contribution < 1.29 is 23.5 Å². The van der Waals surface area contributed by atoms with Crippen molar-refractivity contribution in [1.82, 2.24) is 4.90 Å². The fourth-order valence-corrected chi connectivity index (χ4v) is 3.59. The molecule has 1 saturated heterocycles. The largest absolute Gasteiger partial charge is 0.494 e. The van der Waals surface area contributed by atoms with Crippen LogP contribution in [0.3, 0.4) is 0 Å². The first-order valence-corrected chi connectivity index (χ1v) is 10.3. The van der Waals surface area contributed by atoms with E-state index in [1.165, 1.54) is 11.2 Å². The maximum atomic E-state index is 13.2. The number of amides is 4. The van der Waals surface area contributed by atoms with E-state index in [-0.39, 0.29) is 18.9 Å². The molecule has 0 spiro atoms. The number of ether oxygens (including phenoxy) is 1. The highest BCUT2D eigenvalue weighted by Crippen LogP contribution is 2.28. The predicted octanol–water partition coefficient (Wildman–Crippen LogP) is 4.04. The summed E-state index contributed by atoms with van der Waals surface area (Å²) in [4.78, 5) is 41.6. The molecule has 3 aromatic rings. The number of rotatable bonds is 8. The second-order valence-electron chi connectivity index (χ2n) is 7.22. The second-order valence-corrected chi connectivity index (χ2v) is 7.22. The average Bonchev–Trinajstić information content (AvgIpc) is 3.38. The van der Waals surface area contributed by atoms with Gasteiger partial charge in [0.2, 0.25) is 5.91 Å². The molecule has 8 nitrogen and oxygen atoms in total. The van der Waals surface area contributed by atoms with Crippen LogP contribution in [0.5, 0.6) is 5.75 Å². The van der Waals surface area contributed by atoms with Gasteiger partial charge in [-0.2, -0.15) is 0 Å². The van der Waals surface area contributed by atoms with Gasteiger partial charge in [-0.05, 0) is 55.5 Å². The molecule has 4 amide bonds. The molecule has 0 saturated carbocycles. The van der Waals surface area contributed by atoms with E-state index in [1.807, 2.05) is 6.92 Å². The van der Waals surface area contributed by atoms with E-state index in [0.717, 1.165) is 4.90 Å². The number of carbonyl (C=O) groups excluding carboxylic acids is 3. The van der Waals surface area contributed by atoms with E-state index in [9.17, 15) is 14.4 Å². The third kappa shape index (κ3) is 4.49. The number of nitrogens with one attached hydrogen (secondary N) is 1. The van der Waals surface area contributed by atoms with Crippen molar-refractivity contribution in [3.8, 4) is 5.75 Å². The topological polar surface area (TPSA) is 92.1 Å². The monoisotopic (exact) mass is 433 g/mol. The van der Waals surface area contributed by atoms with E-state index < -0.39 is 18.0 Å². The number of para-hydroxylation sites is 1. The van der Waals surface area contributed by atoms with E-state index in [0.29, 0.717) is 29.5 Å². The summed E-state index contributed by atoms with van der Waals surface area (Å²) in [6, 6.07) is 17.6. The predicted molar refractivity (Wildman–Crippen MR) is 118 cm³/mol. The lowest BCUT2D eigenvalue weighted by Gasteiger charge is -2.20. The van der Waals surface area contributed by atoms with Crippen LogP contribution in [0, 0.1) is 0 Å². The number of carbonyl (C=O) groups is 3. The molecular formula is C24H23N3O5. The molecular weight excluding hydrogens is 410 g/mol. The molecule has 1 aromatic heterocycles. The van der Waals surface area contributed by atoms with E-state index >= 15 is 0 Å². The van der Waals surface area contributed by atoms with Crippen molar-refractivity contribution >= 4 is 29.2 Å². The molecule has 1 atom stereocenters. The Kier molecular flexibility index (Phi) is 6.21. The van der Waals surface area contributed by atoms with Gasteiger partial charge in [0.1, 0.15) is 17.6 Å². The summed E-state index contributed by atoms with van der Waals surface area (Å²) in [6.45, 7) is 2.53. The second kappa shape index (κ2) is 9.38. The molecule has 1 fully saturated rings. The summed E-state index contributed by atoms with van der Waals surface area (Å²) < 4.78 is 10.8. The van der Waals surface area contributed by atoms with E-state index in [4.69, 9.17) is 9.15 Å². The highest BCUT2D eigenvalue weighted by atomic mass is 16.5. The van der Waals surface area contributed by atoms with Crippen LogP contribution in [0.15, 0.2) is 77.4 Å². The van der Waals surface area contributed by atoms with Gasteiger partial charge in [0.15, 0.2) is 0 Å². The Balaban J connectivity index is 1.52. The third-order valence-electron chi connectivity index (χ3n) is 5.07. The molecule has 0 bridgehead atoms. The van der Waals surface area contributed by atoms with Crippen LogP contribution in [0.25, 0.3) is 0 Å². The van der Waals surface area contributed by atoms with Gasteiger partial charge >= 0.3 is 6.03 Å². The Labute approximate surface area is 185 Å². The minimum atomic E-state index is -0.949. The number of hydrogen-bond donors (Lipinski definition) is 1. The lowest BCUT2D eigenvalue weighted by atomic mass is 10.1. The molecule has 164 valence electrons. The van der Waals surface area contributed by atoms with Crippen molar-refractivity contribution in [1.29, 1.82) is 0 Å². The first-order valence-electron chi connectivity index (χ1n) is 10.3. The highest BCUT2D eigenvalue weighted by Gasteiger charge is 2.46. The van der Waals surface area contributed by atoms with Crippen LogP contribution in [-0.2, 0) is 16.1 Å². The van der Waals surface area contributed by atoms with Crippen LogP contribution >= 0.6 is 0 Å². The summed E-state index contributed by atoms with van der Waals surface area (Å²) in [5, 5.41) is 2.78. The molecule has 0 radical (unpaired) electrons. The van der Waals surface area contributed by atoms with Crippen LogP contribution < -0.4 is 15.0 Å². The van der Waals surface area contributed by atoms with Crippen molar-refractivity contribution in [2.75, 3.05) is 16.8 Å². The zero-order chi connectivity index (χ0) is 22.5. The summed E-state index contributed by atoms with van der Waals surface area (Å²) >= 11 is 0. The molecule has 32 heavy (non-hydrogen) atoms. The van der Waals surface area contributed by atoms with Crippen molar-refractivity contribution in [2.45, 2.75) is 25.9 Å². The van der Waals surface area contributed by atoms with Crippen LogP contribution in [0.2, 0.25) is 0 Å². The minimum absolute atomic E-state index is 0.0852. The normalized spacial score (nSPS) is 15.8. The number of imide groups is 1. The zero-order valence-electron chi connectivity index (χ0n) is 17.6. The third-order valence-corrected chi connectivity index (χ3v) is 5.07. The lowest BCUT2D eigenvalue weighted by Crippen LogP contribution is -2.37. The summed E-state index contributed by atoms with van der Waals surface area (Å²) in [5.41, 5.74) is 1.04. The van der Waals surface area contributed by atoms with Gasteiger partial charge in [-0.1, -0.05) is 18.2 Å². The van der Waals surface area contributed by atoms with Gasteiger partial charge in [-0.3, -0.25) is 9.59 Å². The molecule has 1 aliphatic rings. The number of furan rings is 1. The summed E-state index contributed by atoms with van der Waals surface area (Å²) in [5.74, 6) is 0.400. The average molecular weight is 433 g/mol. The molecule has 1 N–H and O–H groups in total. The maximum Gasteiger partial charge on any atom is 0.332 e. The maximum absolute atomic E-state index is 13.2. The number of nitrogens with zero attached hydrogens (tertiary/aromatic N) is 2. The number of benzene rings is 2. The van der Waals surface area contributed by atoms with Gasteiger partial charge in [0.25, 0.3) is 5.91 Å². The molecule has 4 rings (SSSR count). The van der Waals surface area contributed by atoms with Crippen molar-refractivity contribution in [2.24, 2.45) is 0 Å². The SMILES string of the molecule is CCOc1ccc(NC(=O)C[C@H]2C(=O)N(c3ccccc3)C(=O)N2Cc2ccco2)cc1. The molecule has 0 unspecified atom stereocenters. The van der Waals surface area contributed by atoms with Gasteiger partial charge < -0.3 is 19.4 Å². The molecule has 8 heteroatoms. The van der Waals surface area contributed by atoms with Gasteiger partial charge in [0.05, 0.1) is 31.5 Å². The van der Waals surface area contributed by atoms with Crippen LogP contribution in [-0.4, -0.2) is 35.4 Å². The molecule has 1 aliphatic heterocycles. The van der Waals surface area contributed by atoms with Gasteiger partial charge in [-0.25, -0.2) is 9.69 Å². The smallest absolute Gasteiger partial charge is 0.332 e. The van der Waals surface area contributed by atoms with Crippen LogP contribution in [0.4, 0.5) is 16.2 Å². The van der Waals surface area contributed by atoms with Gasteiger partial charge in [-0.15, -0.1) is 0 Å². The highest BCUT2D eigenvalue weighted by molar-refractivity contribution is 6.22. The lowest BCUT2D eigenvalue weighted by molar-refractivity contribution is -0.124. The Morgan fingerprint density at radius 1 is 1.03 bits per heavy atom. The molecule has 2 aromatic carbocycles. The first kappa shape index (κ1) is 21.2. The number of urea groups is 1. The standard InChI is InChI=1S/C24H23N3O5/c1-2-31-19-12-10-17(11-13-19)25-22(28)15-21-23(29)27(18-7-4-3-5-8-18)24(30)26(21)16-20-9-6-14-32-20/h3-14,21H,2,15-16H2,1H3,(H,25,28)/t21-/m0/s1. The minimum Gasteiger partial charge on any atom is -0.494 e. The van der Waals surface area contributed by atoms with E-state index in [2.05, 4.69) is 5.32 Å². The zero-order valence-corrected chi connectivity index (χ0v) is 17.6. The number of anilines is 2. The Bertz CT molecular complexity index is 1080. The summed E-state index contributed by atoms with van der Waals surface area (Å²) in [6.07, 6.45) is 1.32. The van der Waals surface area contributed by atoms with Crippen molar-refractivity contribution in [3.63, 3.8) is 0 Å². The quantitative estimate of drug-likeness (QED) is 0.541. The Hall–Kier alpha value is -4.07. The van der Waals surface area contributed by atoms with E-state index in [1.54, 1.807) is 66.7 Å². The molecule has 2 heterocycles. The van der Waals surface area contributed by atoms with Gasteiger partial charge in [0, 0.05) is 5.69 Å². The fraction of sp³-hybridized carbons (Fsp3) is 0.208. The first-order chi connectivity index (χ1) is 15.6. The fourth-order valence-electron chi connectivity index (χ4n) is 3.59. The number of hydrogen-bond acceptors (Lipinski definition) is 5. The Morgan fingerprint density at radius 3 is 2.44 bits per heavy atom. The van der Waals surface area contributed by atoms with Crippen molar-refractivity contribution in [3.05, 3.63) is 78.8 Å². The van der Waals surface area contributed by atoms with Crippen LogP contribution in [0.1, 0.15) is 19.1 Å².